The Morgan fingerprint density at radius 2 is 2.19 bits per heavy atom. The van der Waals surface area contributed by atoms with Gasteiger partial charge in [-0.25, -0.2) is 0 Å². The third-order valence-electron chi connectivity index (χ3n) is 7.16. The molecule has 0 spiro atoms. The molecule has 0 saturated heterocycles. The molecule has 2 heterocycles. The number of ether oxygens (including phenoxy) is 3. The molecule has 0 aromatic heterocycles. The number of allylic oxidation sites excluding steroid dienone is 2. The summed E-state index contributed by atoms with van der Waals surface area (Å²) in [6, 6.07) is 6.02. The first-order chi connectivity index (χ1) is 13.1. The van der Waals surface area contributed by atoms with Crippen molar-refractivity contribution in [3.8, 4) is 11.5 Å². The van der Waals surface area contributed by atoms with Gasteiger partial charge in [0, 0.05) is 44.1 Å². The predicted molar refractivity (Wildman–Crippen MR) is 105 cm³/mol. The van der Waals surface area contributed by atoms with Gasteiger partial charge in [0.25, 0.3) is 0 Å². The SMILES string of the molecule is COC1CCC2=C(C1)C13C=C(Nc4ccc5c(c4)OCO5)C=CC1(C3)N2C.[HH]. The van der Waals surface area contributed by atoms with E-state index in [1.54, 1.807) is 11.3 Å². The van der Waals surface area contributed by atoms with Crippen molar-refractivity contribution in [2.24, 2.45) is 5.41 Å². The van der Waals surface area contributed by atoms with Crippen molar-refractivity contribution >= 4 is 5.69 Å². The minimum Gasteiger partial charge on any atom is -0.454 e. The van der Waals surface area contributed by atoms with Gasteiger partial charge in [0.05, 0.1) is 11.6 Å². The number of hydrogen-bond donors (Lipinski definition) is 1. The molecule has 3 aliphatic carbocycles. The number of hydrogen-bond acceptors (Lipinski definition) is 5. The third kappa shape index (κ3) is 1.93. The van der Waals surface area contributed by atoms with Crippen LogP contribution in [0.3, 0.4) is 0 Å². The summed E-state index contributed by atoms with van der Waals surface area (Å²) >= 11 is 0. The minimum atomic E-state index is 0. The highest BCUT2D eigenvalue weighted by molar-refractivity contribution is 5.64. The summed E-state index contributed by atoms with van der Waals surface area (Å²) in [7, 11) is 4.11. The van der Waals surface area contributed by atoms with Crippen LogP contribution in [0.25, 0.3) is 0 Å². The van der Waals surface area contributed by atoms with Gasteiger partial charge < -0.3 is 24.4 Å². The average Bonchev–Trinajstić information content (AvgIpc) is 3.08. The molecule has 1 aromatic rings. The molecule has 2 aliphatic heterocycles. The average molecular weight is 366 g/mol. The topological polar surface area (TPSA) is 43.0 Å². The maximum Gasteiger partial charge on any atom is 0.231 e. The van der Waals surface area contributed by atoms with Crippen molar-refractivity contribution in [3.63, 3.8) is 0 Å². The first-order valence-corrected chi connectivity index (χ1v) is 9.73. The zero-order valence-corrected chi connectivity index (χ0v) is 15.7. The van der Waals surface area contributed by atoms with Gasteiger partial charge >= 0.3 is 0 Å². The van der Waals surface area contributed by atoms with Crippen molar-refractivity contribution in [1.82, 2.24) is 4.90 Å². The molecule has 27 heavy (non-hydrogen) atoms. The van der Waals surface area contributed by atoms with E-state index >= 15 is 0 Å². The van der Waals surface area contributed by atoms with E-state index in [0.29, 0.717) is 12.9 Å². The van der Waals surface area contributed by atoms with Crippen LogP contribution in [-0.4, -0.2) is 37.5 Å². The van der Waals surface area contributed by atoms with Crippen molar-refractivity contribution in [3.05, 3.63) is 53.4 Å². The molecule has 1 N–H and O–H groups in total. The van der Waals surface area contributed by atoms with Crippen LogP contribution < -0.4 is 14.8 Å². The smallest absolute Gasteiger partial charge is 0.231 e. The summed E-state index contributed by atoms with van der Waals surface area (Å²) in [5.74, 6) is 1.62. The molecule has 5 nitrogen and oxygen atoms in total. The Morgan fingerprint density at radius 3 is 3.07 bits per heavy atom. The predicted octanol–water partition coefficient (Wildman–Crippen LogP) is 4.05. The number of nitrogens with zero attached hydrogens (tertiary/aromatic N) is 1. The number of nitrogens with one attached hydrogen (secondary N) is 1. The van der Waals surface area contributed by atoms with Crippen LogP contribution in [0.15, 0.2) is 53.4 Å². The Hall–Kier alpha value is -2.40. The van der Waals surface area contributed by atoms with Crippen LogP contribution in [0.4, 0.5) is 5.69 Å². The quantitative estimate of drug-likeness (QED) is 0.874. The monoisotopic (exact) mass is 366 g/mol. The Kier molecular flexibility index (Phi) is 2.96. The zero-order valence-electron chi connectivity index (χ0n) is 15.7. The van der Waals surface area contributed by atoms with Crippen molar-refractivity contribution in [2.75, 3.05) is 26.3 Å². The summed E-state index contributed by atoms with van der Waals surface area (Å²) in [4.78, 5) is 2.54. The van der Waals surface area contributed by atoms with E-state index in [1.165, 1.54) is 6.42 Å². The normalized spacial score (nSPS) is 34.8. The van der Waals surface area contributed by atoms with Crippen LogP contribution in [0.5, 0.6) is 11.5 Å². The van der Waals surface area contributed by atoms with Gasteiger partial charge in [0.1, 0.15) is 0 Å². The second-order valence-corrected chi connectivity index (χ2v) is 8.28. The molecular weight excluding hydrogens is 340 g/mol. The van der Waals surface area contributed by atoms with Gasteiger partial charge in [-0.05, 0) is 55.5 Å². The first-order valence-electron chi connectivity index (χ1n) is 9.73. The standard InChI is InChI=1S/C22H24N2O3.H2/c1-24-18-5-4-16(25-2)10-17(18)21-11-15(7-8-22(21,24)12-21)23-14-3-6-19-20(9-14)27-13-26-19;/h3,6-9,11,16,23H,4-5,10,12-13H2,1-2H3;1H. The maximum absolute atomic E-state index is 5.71. The molecule has 5 aliphatic rings. The van der Waals surface area contributed by atoms with Crippen molar-refractivity contribution in [1.29, 1.82) is 0 Å². The summed E-state index contributed by atoms with van der Waals surface area (Å²) in [6.07, 6.45) is 11.9. The van der Waals surface area contributed by atoms with E-state index < -0.39 is 0 Å². The fraction of sp³-hybridized carbons (Fsp3) is 0.455. The van der Waals surface area contributed by atoms with Gasteiger partial charge in [0.15, 0.2) is 11.5 Å². The molecule has 5 heteroatoms. The summed E-state index contributed by atoms with van der Waals surface area (Å²) in [5.41, 5.74) is 5.61. The highest BCUT2D eigenvalue weighted by atomic mass is 16.7. The highest BCUT2D eigenvalue weighted by Gasteiger charge is 2.74. The van der Waals surface area contributed by atoms with E-state index in [9.17, 15) is 0 Å². The van der Waals surface area contributed by atoms with Gasteiger partial charge in [-0.3, -0.25) is 0 Å². The van der Waals surface area contributed by atoms with Crippen LogP contribution in [0.1, 0.15) is 27.1 Å². The van der Waals surface area contributed by atoms with Gasteiger partial charge in [0.2, 0.25) is 6.79 Å². The van der Waals surface area contributed by atoms with E-state index in [0.717, 1.165) is 42.1 Å². The molecule has 0 amide bonds. The van der Waals surface area contributed by atoms with E-state index in [-0.39, 0.29) is 12.4 Å². The second kappa shape index (κ2) is 5.10. The summed E-state index contributed by atoms with van der Waals surface area (Å²) in [6.45, 7) is 0.303. The molecule has 6 rings (SSSR count). The molecule has 3 unspecified atom stereocenters. The van der Waals surface area contributed by atoms with Crippen LogP contribution >= 0.6 is 0 Å². The first kappa shape index (κ1) is 15.6. The number of methoxy groups -OCH3 is 1. The van der Waals surface area contributed by atoms with Gasteiger partial charge in [-0.2, -0.15) is 0 Å². The zero-order chi connectivity index (χ0) is 18.2. The van der Waals surface area contributed by atoms with Crippen LogP contribution in [-0.2, 0) is 4.74 Å². The van der Waals surface area contributed by atoms with Crippen LogP contribution in [0, 0.1) is 5.41 Å². The molecule has 0 bridgehead atoms. The van der Waals surface area contributed by atoms with E-state index in [4.69, 9.17) is 14.2 Å². The molecule has 1 aromatic carbocycles. The lowest BCUT2D eigenvalue weighted by Gasteiger charge is -2.30. The Labute approximate surface area is 160 Å². The Bertz CT molecular complexity index is 940. The molecule has 142 valence electrons. The number of anilines is 1. The molecule has 3 atom stereocenters. The number of fused-ring (bicyclic) bond motifs is 1. The lowest BCUT2D eigenvalue weighted by molar-refractivity contribution is 0.0873. The number of benzene rings is 1. The molecule has 1 fully saturated rings. The van der Waals surface area contributed by atoms with Crippen LogP contribution in [0.2, 0.25) is 0 Å². The largest absolute Gasteiger partial charge is 0.454 e. The lowest BCUT2D eigenvalue weighted by Crippen LogP contribution is -2.32. The molecule has 1 saturated carbocycles. The number of likely N-dealkylation sites (N-methyl/N-ethyl adjacent to an activating group) is 1. The van der Waals surface area contributed by atoms with Gasteiger partial charge in [-0.15, -0.1) is 0 Å². The van der Waals surface area contributed by atoms with Crippen molar-refractivity contribution < 1.29 is 15.6 Å². The highest BCUT2D eigenvalue weighted by Crippen LogP contribution is 2.74. The molecule has 0 radical (unpaired) electrons. The second-order valence-electron chi connectivity index (χ2n) is 8.28. The number of rotatable bonds is 3. The fourth-order valence-electron chi connectivity index (χ4n) is 5.66. The van der Waals surface area contributed by atoms with E-state index in [2.05, 4.69) is 35.5 Å². The minimum absolute atomic E-state index is 0. The lowest BCUT2D eigenvalue weighted by atomic mass is 9.81. The van der Waals surface area contributed by atoms with Gasteiger partial charge in [-0.1, -0.05) is 6.08 Å². The van der Waals surface area contributed by atoms with E-state index in [1.807, 2.05) is 25.3 Å². The Balaban J connectivity index is 0.00000171. The summed E-state index contributed by atoms with van der Waals surface area (Å²) < 4.78 is 16.6. The Morgan fingerprint density at radius 1 is 1.30 bits per heavy atom. The maximum atomic E-state index is 5.71. The molecular formula is C22H26N2O3. The van der Waals surface area contributed by atoms with Crippen molar-refractivity contribution in [2.45, 2.75) is 37.3 Å². The summed E-state index contributed by atoms with van der Waals surface area (Å²) in [5, 5.41) is 3.57. The fourth-order valence-corrected chi connectivity index (χ4v) is 5.66. The third-order valence-corrected chi connectivity index (χ3v) is 7.16.